The van der Waals surface area contributed by atoms with Crippen LogP contribution in [0.3, 0.4) is 0 Å². The van der Waals surface area contributed by atoms with Crippen molar-refractivity contribution in [1.82, 2.24) is 14.6 Å². The summed E-state index contributed by atoms with van der Waals surface area (Å²) >= 11 is 0. The average molecular weight is 339 g/mol. The van der Waals surface area contributed by atoms with Gasteiger partial charge in [-0.15, -0.1) is 0 Å². The number of H-pyrrole nitrogens is 1. The van der Waals surface area contributed by atoms with E-state index in [-0.39, 0.29) is 16.5 Å². The molecule has 0 radical (unpaired) electrons. The van der Waals surface area contributed by atoms with Gasteiger partial charge in [0.1, 0.15) is 0 Å². The Labute approximate surface area is 134 Å². The van der Waals surface area contributed by atoms with E-state index in [2.05, 4.69) is 28.5 Å². The Morgan fingerprint density at radius 1 is 1.30 bits per heavy atom. The molecule has 8 heteroatoms. The standard InChI is InChI=1S/C15H21N3O4S/c1-10(2)18-7-5-11(6-8-18)17-23(20,21)12-3-4-13-14(9-12)22-15(19)16-13/h3-4,9-11,17H,5-8H2,1-2H3,(H,16,19). The predicted octanol–water partition coefficient (Wildman–Crippen LogP) is 1.27. The van der Waals surface area contributed by atoms with Crippen LogP contribution in [0.1, 0.15) is 26.7 Å². The number of hydrogen-bond acceptors (Lipinski definition) is 5. The number of hydrogen-bond donors (Lipinski definition) is 2. The summed E-state index contributed by atoms with van der Waals surface area (Å²) in [6.07, 6.45) is 1.58. The zero-order valence-electron chi connectivity index (χ0n) is 13.2. The van der Waals surface area contributed by atoms with Gasteiger partial charge in [0.25, 0.3) is 0 Å². The Morgan fingerprint density at radius 3 is 2.65 bits per heavy atom. The number of rotatable bonds is 4. The molecule has 7 nitrogen and oxygen atoms in total. The fraction of sp³-hybridized carbons (Fsp3) is 0.533. The van der Waals surface area contributed by atoms with Gasteiger partial charge in [-0.05, 0) is 51.9 Å². The molecule has 3 rings (SSSR count). The molecule has 1 aliphatic heterocycles. The minimum absolute atomic E-state index is 0.0658. The van der Waals surface area contributed by atoms with Crippen molar-refractivity contribution in [3.63, 3.8) is 0 Å². The Kier molecular flexibility index (Phi) is 4.31. The molecule has 0 amide bonds. The van der Waals surface area contributed by atoms with E-state index in [1.807, 2.05) is 0 Å². The lowest BCUT2D eigenvalue weighted by Crippen LogP contribution is -2.46. The number of oxazole rings is 1. The molecule has 0 unspecified atom stereocenters. The normalized spacial score (nSPS) is 18.0. The Morgan fingerprint density at radius 2 is 2.00 bits per heavy atom. The lowest BCUT2D eigenvalue weighted by molar-refractivity contribution is 0.168. The van der Waals surface area contributed by atoms with Gasteiger partial charge < -0.3 is 9.32 Å². The van der Waals surface area contributed by atoms with Gasteiger partial charge in [-0.2, -0.15) is 0 Å². The van der Waals surface area contributed by atoms with E-state index < -0.39 is 15.8 Å². The molecule has 0 atom stereocenters. The van der Waals surface area contributed by atoms with Crippen LogP contribution in [0.15, 0.2) is 32.3 Å². The van der Waals surface area contributed by atoms with E-state index in [1.54, 1.807) is 0 Å². The van der Waals surface area contributed by atoms with E-state index in [0.717, 1.165) is 25.9 Å². The van der Waals surface area contributed by atoms with Crippen molar-refractivity contribution in [2.24, 2.45) is 0 Å². The number of piperidine rings is 1. The third-order valence-electron chi connectivity index (χ3n) is 4.28. The van der Waals surface area contributed by atoms with Crippen molar-refractivity contribution in [3.05, 3.63) is 28.7 Å². The molecule has 1 saturated heterocycles. The summed E-state index contributed by atoms with van der Waals surface area (Å²) in [6, 6.07) is 4.80. The van der Waals surface area contributed by atoms with Crippen LogP contribution in [0.4, 0.5) is 0 Å². The van der Waals surface area contributed by atoms with Crippen LogP contribution in [0.25, 0.3) is 11.1 Å². The molecule has 0 bridgehead atoms. The molecule has 1 fully saturated rings. The molecule has 0 saturated carbocycles. The fourth-order valence-electron chi connectivity index (χ4n) is 2.91. The highest BCUT2D eigenvalue weighted by molar-refractivity contribution is 7.89. The van der Waals surface area contributed by atoms with Crippen molar-refractivity contribution < 1.29 is 12.8 Å². The van der Waals surface area contributed by atoms with Crippen molar-refractivity contribution in [2.45, 2.75) is 43.7 Å². The summed E-state index contributed by atoms with van der Waals surface area (Å²) in [7, 11) is -3.62. The minimum Gasteiger partial charge on any atom is -0.408 e. The SMILES string of the molecule is CC(C)N1CCC(NS(=O)(=O)c2ccc3[nH]c(=O)oc3c2)CC1. The highest BCUT2D eigenvalue weighted by Gasteiger charge is 2.25. The lowest BCUT2D eigenvalue weighted by Gasteiger charge is -2.34. The number of nitrogens with one attached hydrogen (secondary N) is 2. The molecular formula is C15H21N3O4S. The number of aromatic amines is 1. The molecule has 2 N–H and O–H groups in total. The van der Waals surface area contributed by atoms with E-state index in [9.17, 15) is 13.2 Å². The quantitative estimate of drug-likeness (QED) is 0.875. The maximum atomic E-state index is 12.5. The summed E-state index contributed by atoms with van der Waals surface area (Å²) in [5.74, 6) is -0.594. The second kappa shape index (κ2) is 6.10. The van der Waals surface area contributed by atoms with Crippen LogP contribution in [-0.4, -0.2) is 43.5 Å². The number of nitrogens with zero attached hydrogens (tertiary/aromatic N) is 1. The van der Waals surface area contributed by atoms with Gasteiger partial charge in [0.2, 0.25) is 10.0 Å². The average Bonchev–Trinajstić information content (AvgIpc) is 2.86. The third-order valence-corrected chi connectivity index (χ3v) is 5.80. The molecule has 23 heavy (non-hydrogen) atoms. The maximum absolute atomic E-state index is 12.5. The van der Waals surface area contributed by atoms with Crippen molar-refractivity contribution in [2.75, 3.05) is 13.1 Å². The zero-order chi connectivity index (χ0) is 16.6. The van der Waals surface area contributed by atoms with Crippen molar-refractivity contribution >= 4 is 21.1 Å². The number of benzene rings is 1. The van der Waals surface area contributed by atoms with Gasteiger partial charge in [0.15, 0.2) is 5.58 Å². The first-order chi connectivity index (χ1) is 10.8. The largest absolute Gasteiger partial charge is 0.417 e. The minimum atomic E-state index is -3.62. The van der Waals surface area contributed by atoms with Crippen molar-refractivity contribution in [3.8, 4) is 0 Å². The molecule has 2 aromatic rings. The van der Waals surface area contributed by atoms with E-state index in [4.69, 9.17) is 4.42 Å². The topological polar surface area (TPSA) is 95.4 Å². The first-order valence-corrected chi connectivity index (χ1v) is 9.23. The van der Waals surface area contributed by atoms with Gasteiger partial charge >= 0.3 is 5.76 Å². The smallest absolute Gasteiger partial charge is 0.408 e. The summed E-state index contributed by atoms with van der Waals surface area (Å²) in [5, 5.41) is 0. The Bertz CT molecular complexity index is 845. The van der Waals surface area contributed by atoms with Crippen LogP contribution in [0.2, 0.25) is 0 Å². The van der Waals surface area contributed by atoms with Gasteiger partial charge in [-0.3, -0.25) is 4.98 Å². The molecule has 0 spiro atoms. The zero-order valence-corrected chi connectivity index (χ0v) is 14.0. The monoisotopic (exact) mass is 339 g/mol. The van der Waals surface area contributed by atoms with E-state index >= 15 is 0 Å². The fourth-order valence-corrected chi connectivity index (χ4v) is 4.23. The molecule has 1 aromatic heterocycles. The van der Waals surface area contributed by atoms with Crippen LogP contribution in [0.5, 0.6) is 0 Å². The summed E-state index contributed by atoms with van der Waals surface area (Å²) in [6.45, 7) is 6.06. The van der Waals surface area contributed by atoms with Gasteiger partial charge in [0.05, 0.1) is 10.4 Å². The van der Waals surface area contributed by atoms with E-state index in [1.165, 1.54) is 18.2 Å². The number of aromatic nitrogens is 1. The second-order valence-electron chi connectivity index (χ2n) is 6.20. The third kappa shape index (κ3) is 3.49. The number of fused-ring (bicyclic) bond motifs is 1. The number of sulfonamides is 1. The summed E-state index contributed by atoms with van der Waals surface area (Å²) in [4.78, 5) is 16.1. The van der Waals surface area contributed by atoms with Crippen LogP contribution < -0.4 is 10.5 Å². The lowest BCUT2D eigenvalue weighted by atomic mass is 10.1. The first kappa shape index (κ1) is 16.2. The summed E-state index contributed by atoms with van der Waals surface area (Å²) < 4.78 is 32.7. The van der Waals surface area contributed by atoms with Crippen LogP contribution in [-0.2, 0) is 10.0 Å². The Balaban J connectivity index is 1.74. The van der Waals surface area contributed by atoms with E-state index in [0.29, 0.717) is 11.6 Å². The van der Waals surface area contributed by atoms with Crippen molar-refractivity contribution in [1.29, 1.82) is 0 Å². The highest BCUT2D eigenvalue weighted by Crippen LogP contribution is 2.19. The molecule has 2 heterocycles. The second-order valence-corrected chi connectivity index (χ2v) is 7.91. The maximum Gasteiger partial charge on any atom is 0.417 e. The molecular weight excluding hydrogens is 318 g/mol. The number of likely N-dealkylation sites (tertiary alicyclic amines) is 1. The first-order valence-electron chi connectivity index (χ1n) is 7.74. The molecule has 1 aromatic carbocycles. The summed E-state index contributed by atoms with van der Waals surface area (Å²) in [5.41, 5.74) is 0.728. The highest BCUT2D eigenvalue weighted by atomic mass is 32.2. The van der Waals surface area contributed by atoms with Crippen LogP contribution in [0, 0.1) is 0 Å². The molecule has 126 valence electrons. The molecule has 1 aliphatic rings. The van der Waals surface area contributed by atoms with Gasteiger partial charge in [0, 0.05) is 18.2 Å². The Hall–Kier alpha value is -1.64. The predicted molar refractivity (Wildman–Crippen MR) is 86.9 cm³/mol. The van der Waals surface area contributed by atoms with Gasteiger partial charge in [-0.25, -0.2) is 17.9 Å². The van der Waals surface area contributed by atoms with Crippen LogP contribution >= 0.6 is 0 Å². The molecule has 0 aliphatic carbocycles. The van der Waals surface area contributed by atoms with Gasteiger partial charge in [-0.1, -0.05) is 0 Å².